The van der Waals surface area contributed by atoms with Crippen molar-refractivity contribution in [3.8, 4) is 17.2 Å². The normalized spacial score (nSPS) is 24.9. The largest absolute Gasteiger partial charge is 0.543 e. The number of nitrogens with one attached hydrogen (secondary N) is 3. The lowest BCUT2D eigenvalue weighted by atomic mass is 9.65. The van der Waals surface area contributed by atoms with Crippen molar-refractivity contribution in [1.29, 1.82) is 0 Å². The van der Waals surface area contributed by atoms with Crippen molar-refractivity contribution in [2.45, 2.75) is 340 Å². The first kappa shape index (κ1) is 104. The number of hydrogen-bond acceptors (Lipinski definition) is 19. The quantitative estimate of drug-likeness (QED) is 0.0353. The summed E-state index contributed by atoms with van der Waals surface area (Å²) < 4.78 is 39.1. The Kier molecular flexibility index (Phi) is 38.9. The lowest BCUT2D eigenvalue weighted by Gasteiger charge is -2.49. The van der Waals surface area contributed by atoms with Crippen molar-refractivity contribution >= 4 is 76.9 Å². The standard InChI is InChI=1S/C34H56N2O6Si.C25H41NO5Si.C23H34N2O4.C9H17NO2.CH4O.ClH/c1-23-22-36(31(39)41-32(2,3)4)27(29(37)35-28(30(38)40-9)24-16-13-12-14-17-24)21-34(23,8)25-18-15-19-26(20-25)42-43(10,11)33(5,6)7;1-17-16-26(22(29)30-23(2,3)4)20(21(27)28)15-25(17,8)18-12-11-13-19(14-18)31-32(9,10)24(5,6)7;1-15-14-24-19(13-23(15,2)17-10-7-11-18(26)12-17)21(27)25-20(22(28)29-3)16-8-5-4-6-9-16;1-12-9(11)8(10)7-5-3-2-4-6-7;1-2;/h15,18-20,23-24,27-28H,12-14,16-17,21-22H2,1-11H3,(H,35,37);11-14,17,20H,15-16H2,1-10H3,(H,27,28);7,10-12,15-16,19-20,24,26H,4-6,8-9,13-14H2,1-3H3,(H,25,27);7-8H,2-6,10H2,1H3;2H,1H3;1H/t23-,27+,28-,34+;17-,20+,25+;15-,19+,20-,23+;;;/m000.../s1. The van der Waals surface area contributed by atoms with Crippen LogP contribution in [0.3, 0.4) is 0 Å². The molecule has 27 heteroatoms. The molecule has 0 radical (unpaired) electrons. The number of hydrogen-bond donors (Lipinski definition) is 7. The zero-order valence-corrected chi connectivity index (χ0v) is 79.9. The molecule has 3 aliphatic heterocycles. The predicted octanol–water partition coefficient (Wildman–Crippen LogP) is 17.3. The Morgan fingerprint density at radius 2 is 0.840 bits per heavy atom. The number of phenolic OH excluding ortho intramolecular Hbond substituents is 1. The first-order chi connectivity index (χ1) is 54.8. The number of aliphatic hydroxyl groups excluding tert-OH is 1. The van der Waals surface area contributed by atoms with Crippen LogP contribution in [-0.2, 0) is 68.7 Å². The van der Waals surface area contributed by atoms with E-state index in [0.717, 1.165) is 106 Å². The van der Waals surface area contributed by atoms with Crippen LogP contribution < -0.4 is 30.5 Å². The number of carbonyl (C=O) groups excluding carboxylic acids is 7. The van der Waals surface area contributed by atoms with E-state index in [0.29, 0.717) is 50.7 Å². The first-order valence-electron chi connectivity index (χ1n) is 43.2. The van der Waals surface area contributed by atoms with Crippen LogP contribution in [-0.4, -0.2) is 185 Å². The van der Waals surface area contributed by atoms with E-state index in [9.17, 15) is 48.6 Å². The fraction of sp³-hybridized carbons (Fsp3) is 0.717. The van der Waals surface area contributed by atoms with Crippen LogP contribution in [0.15, 0.2) is 72.8 Å². The molecule has 3 saturated carbocycles. The summed E-state index contributed by atoms with van der Waals surface area (Å²) in [6, 6.07) is 19.7. The lowest BCUT2D eigenvalue weighted by molar-refractivity contribution is -0.148. The molecule has 674 valence electrons. The number of ether oxygens (including phenoxy) is 5. The third-order valence-corrected chi connectivity index (χ3v) is 35.6. The van der Waals surface area contributed by atoms with E-state index in [-0.39, 0.29) is 81.1 Å². The Hall–Kier alpha value is -6.98. The molecule has 0 bridgehead atoms. The number of piperidine rings is 3. The molecule has 3 aromatic rings. The molecule has 1 unspecified atom stereocenters. The van der Waals surface area contributed by atoms with Crippen molar-refractivity contribution in [2.75, 3.05) is 48.1 Å². The van der Waals surface area contributed by atoms with Gasteiger partial charge in [-0.25, -0.2) is 24.0 Å². The third-order valence-electron chi connectivity index (χ3n) is 26.9. The highest BCUT2D eigenvalue weighted by atomic mass is 35.5. The van der Waals surface area contributed by atoms with Gasteiger partial charge in [0, 0.05) is 20.2 Å². The minimum Gasteiger partial charge on any atom is -0.543 e. The number of halogens is 1. The van der Waals surface area contributed by atoms with E-state index in [1.54, 1.807) is 37.8 Å². The third kappa shape index (κ3) is 28.5. The van der Waals surface area contributed by atoms with Gasteiger partial charge in [0.15, 0.2) is 0 Å². The highest BCUT2D eigenvalue weighted by molar-refractivity contribution is 6.75. The number of phenols is 1. The number of methoxy groups -OCH3 is 3. The predicted molar refractivity (Wildman–Crippen MR) is 476 cm³/mol. The van der Waals surface area contributed by atoms with Gasteiger partial charge in [0.1, 0.15) is 58.7 Å². The van der Waals surface area contributed by atoms with Gasteiger partial charge in [-0.2, -0.15) is 0 Å². The van der Waals surface area contributed by atoms with E-state index in [1.807, 2.05) is 63.2 Å². The van der Waals surface area contributed by atoms with Gasteiger partial charge >= 0.3 is 36.1 Å². The monoisotopic (exact) mass is 1720 g/mol. The number of amides is 4. The van der Waals surface area contributed by atoms with Gasteiger partial charge in [-0.1, -0.05) is 177 Å². The molecule has 3 aliphatic carbocycles. The van der Waals surface area contributed by atoms with Crippen LogP contribution >= 0.6 is 12.4 Å². The highest BCUT2D eigenvalue weighted by Gasteiger charge is 2.52. The molecule has 0 aromatic heterocycles. The number of aromatic hydroxyl groups is 1. The van der Waals surface area contributed by atoms with Gasteiger partial charge in [0.05, 0.1) is 27.4 Å². The molecule has 24 nitrogen and oxygen atoms in total. The summed E-state index contributed by atoms with van der Waals surface area (Å²) in [5.74, 6) is 0.172. The van der Waals surface area contributed by atoms with E-state index < -0.39 is 99.0 Å². The summed E-state index contributed by atoms with van der Waals surface area (Å²) in [4.78, 5) is 105. The average Bonchev–Trinajstić information content (AvgIpc) is 0.762. The number of carboxylic acids is 1. The van der Waals surface area contributed by atoms with Crippen LogP contribution in [0.25, 0.3) is 0 Å². The average molecular weight is 1720 g/mol. The molecule has 8 N–H and O–H groups in total. The zero-order chi connectivity index (χ0) is 89.1. The van der Waals surface area contributed by atoms with Crippen molar-refractivity contribution in [1.82, 2.24) is 25.8 Å². The van der Waals surface area contributed by atoms with Crippen molar-refractivity contribution < 1.29 is 86.2 Å². The zero-order valence-electron chi connectivity index (χ0n) is 77.1. The second kappa shape index (κ2) is 44.4. The molecule has 6 aliphatic rings. The smallest absolute Gasteiger partial charge is 0.411 e. The van der Waals surface area contributed by atoms with Crippen LogP contribution in [0.4, 0.5) is 9.59 Å². The van der Waals surface area contributed by atoms with Gasteiger partial charge in [0.25, 0.3) is 0 Å². The maximum Gasteiger partial charge on any atom is 0.411 e. The molecule has 4 amide bonds. The number of nitrogens with zero attached hydrogens (tertiary/aromatic N) is 2. The number of likely N-dealkylation sites (tertiary alicyclic amines) is 2. The number of aliphatic hydroxyl groups is 1. The number of benzene rings is 3. The van der Waals surface area contributed by atoms with Gasteiger partial charge in [-0.05, 0) is 247 Å². The summed E-state index contributed by atoms with van der Waals surface area (Å²) in [7, 11) is 1.06. The molecular formula is C92H153ClN6O18Si2. The van der Waals surface area contributed by atoms with Crippen molar-refractivity contribution in [3.05, 3.63) is 89.5 Å². The van der Waals surface area contributed by atoms with Gasteiger partial charge in [-0.3, -0.25) is 24.2 Å². The summed E-state index contributed by atoms with van der Waals surface area (Å²) in [6.07, 6.45) is 16.2. The van der Waals surface area contributed by atoms with Crippen molar-refractivity contribution in [2.24, 2.45) is 41.2 Å². The number of rotatable bonds is 18. The maximum atomic E-state index is 14.2. The van der Waals surface area contributed by atoms with Crippen molar-refractivity contribution in [3.63, 3.8) is 0 Å². The van der Waals surface area contributed by atoms with E-state index in [2.05, 4.69) is 148 Å². The number of carboxylic acid groups (broad SMARTS) is 1. The van der Waals surface area contributed by atoms with Gasteiger partial charge < -0.3 is 69.5 Å². The maximum absolute atomic E-state index is 14.2. The molecule has 3 aromatic carbocycles. The summed E-state index contributed by atoms with van der Waals surface area (Å²) in [6.45, 7) is 47.0. The Balaban J connectivity index is 0.000000351. The second-order valence-electron chi connectivity index (χ2n) is 39.8. The number of nitrogens with two attached hydrogens (primary N) is 1. The molecule has 9 rings (SSSR count). The van der Waals surface area contributed by atoms with E-state index >= 15 is 0 Å². The number of esters is 3. The summed E-state index contributed by atoms with van der Waals surface area (Å²) in [5.41, 5.74) is 6.34. The van der Waals surface area contributed by atoms with Gasteiger partial charge in [-0.15, -0.1) is 12.4 Å². The van der Waals surface area contributed by atoms with E-state index in [4.69, 9.17) is 38.6 Å². The molecule has 3 heterocycles. The molecule has 6 fully saturated rings. The Morgan fingerprint density at radius 1 is 0.496 bits per heavy atom. The van der Waals surface area contributed by atoms with Crippen LogP contribution in [0.5, 0.6) is 17.2 Å². The minimum absolute atomic E-state index is 0. The van der Waals surface area contributed by atoms with Gasteiger partial charge in [0.2, 0.25) is 28.4 Å². The Labute approximate surface area is 721 Å². The highest BCUT2D eigenvalue weighted by Crippen LogP contribution is 2.48. The van der Waals surface area contributed by atoms with E-state index in [1.165, 1.54) is 51.9 Å². The number of carbonyl (C=O) groups is 8. The topological polar surface area (TPSA) is 330 Å². The Bertz CT molecular complexity index is 3780. The van der Waals surface area contributed by atoms with Crippen LogP contribution in [0.2, 0.25) is 36.3 Å². The fourth-order valence-electron chi connectivity index (χ4n) is 16.6. The molecule has 119 heavy (non-hydrogen) atoms. The number of aliphatic carboxylic acids is 1. The summed E-state index contributed by atoms with van der Waals surface area (Å²) >= 11 is 0. The Morgan fingerprint density at radius 3 is 1.20 bits per heavy atom. The molecule has 12 atom stereocenters. The SMILES string of the molecule is CO.COC(=O)C(N)C1CCCCC1.COC(=O)[C@@H](NC(=O)[C@H]1C[C@@](C)(c2cccc(O)c2)[C@@H](C)CN1)C1CCCCC1.COC(=O)[C@@H](NC(=O)[C@H]1C[C@@](C)(c2cccc(O[Si](C)(C)C(C)(C)C)c2)[C@@H](C)CN1C(=O)OC(C)(C)C)C1CCCCC1.C[C@H]1CN(C(=O)OC(C)(C)C)[C@@H](C(=O)O)C[C@@]1(C)c1cccc(O[Si](C)(C)C(C)(C)C)c1.Cl. The lowest BCUT2D eigenvalue weighted by Crippen LogP contribution is -2.62. The molecule has 3 saturated heterocycles. The minimum atomic E-state index is -2.07. The first-order valence-corrected chi connectivity index (χ1v) is 49.0. The summed E-state index contributed by atoms with van der Waals surface area (Å²) in [5, 5.41) is 36.4. The molecule has 0 spiro atoms. The van der Waals surface area contributed by atoms with Crippen LogP contribution in [0.1, 0.15) is 257 Å². The second-order valence-corrected chi connectivity index (χ2v) is 49.2. The molecular weight excluding hydrogens is 1570 g/mol. The van der Waals surface area contributed by atoms with Crippen LogP contribution in [0, 0.1) is 35.5 Å². The fourth-order valence-corrected chi connectivity index (χ4v) is 18.7.